The van der Waals surface area contributed by atoms with E-state index in [0.29, 0.717) is 5.58 Å². The number of hydrogen-bond donors (Lipinski definition) is 0. The third kappa shape index (κ3) is 2.43. The fraction of sp³-hybridized carbons (Fsp3) is 0.0588. The van der Waals surface area contributed by atoms with Crippen LogP contribution in [0.25, 0.3) is 11.0 Å². The quantitative estimate of drug-likeness (QED) is 0.677. The van der Waals surface area contributed by atoms with Gasteiger partial charge in [-0.3, -0.25) is 4.79 Å². The van der Waals surface area contributed by atoms with Gasteiger partial charge in [-0.2, -0.15) is 0 Å². The van der Waals surface area contributed by atoms with Crippen LogP contribution in [0, 0.1) is 0 Å². The SMILES string of the molecule is CN(C(=O)c1cc2ccccc2oc1=O)c1ccccc1. The van der Waals surface area contributed by atoms with Crippen LogP contribution >= 0.6 is 0 Å². The topological polar surface area (TPSA) is 50.5 Å². The number of carbonyl (C=O) groups excluding carboxylic acids is 1. The molecule has 2 aromatic carbocycles. The Morgan fingerprint density at radius 3 is 2.43 bits per heavy atom. The molecule has 1 aromatic heterocycles. The molecular weight excluding hydrogens is 266 g/mol. The lowest BCUT2D eigenvalue weighted by atomic mass is 10.1. The van der Waals surface area contributed by atoms with Crippen LogP contribution in [0.4, 0.5) is 5.69 Å². The Morgan fingerprint density at radius 2 is 1.67 bits per heavy atom. The molecule has 1 heterocycles. The van der Waals surface area contributed by atoms with Crippen molar-refractivity contribution in [2.24, 2.45) is 0 Å². The van der Waals surface area contributed by atoms with Gasteiger partial charge in [0.1, 0.15) is 11.1 Å². The number of benzene rings is 2. The number of fused-ring (bicyclic) bond motifs is 1. The molecule has 0 aliphatic carbocycles. The molecule has 0 fully saturated rings. The van der Waals surface area contributed by atoms with Gasteiger partial charge in [0.25, 0.3) is 5.91 Å². The van der Waals surface area contributed by atoms with E-state index in [9.17, 15) is 9.59 Å². The second-order valence-electron chi connectivity index (χ2n) is 4.69. The second kappa shape index (κ2) is 5.25. The minimum absolute atomic E-state index is 0.0278. The maximum Gasteiger partial charge on any atom is 0.349 e. The zero-order chi connectivity index (χ0) is 14.8. The molecule has 0 N–H and O–H groups in total. The molecule has 0 saturated carbocycles. The van der Waals surface area contributed by atoms with E-state index in [2.05, 4.69) is 0 Å². The van der Waals surface area contributed by atoms with E-state index < -0.39 is 5.63 Å². The van der Waals surface area contributed by atoms with Crippen LogP contribution in [0.1, 0.15) is 10.4 Å². The van der Waals surface area contributed by atoms with Crippen LogP contribution in [-0.4, -0.2) is 13.0 Å². The Morgan fingerprint density at radius 1 is 1.00 bits per heavy atom. The molecule has 0 saturated heterocycles. The number of para-hydroxylation sites is 2. The molecule has 0 bridgehead atoms. The number of hydrogen-bond acceptors (Lipinski definition) is 3. The van der Waals surface area contributed by atoms with Crippen LogP contribution in [-0.2, 0) is 0 Å². The average molecular weight is 279 g/mol. The summed E-state index contributed by atoms with van der Waals surface area (Å²) in [5.74, 6) is -0.388. The van der Waals surface area contributed by atoms with Gasteiger partial charge >= 0.3 is 5.63 Å². The standard InChI is InChI=1S/C17H13NO3/c1-18(13-8-3-2-4-9-13)16(19)14-11-12-7-5-6-10-15(12)21-17(14)20/h2-11H,1H3. The van der Waals surface area contributed by atoms with Gasteiger partial charge < -0.3 is 9.32 Å². The first-order chi connectivity index (χ1) is 10.2. The summed E-state index contributed by atoms with van der Waals surface area (Å²) in [6.07, 6.45) is 0. The molecule has 104 valence electrons. The van der Waals surface area contributed by atoms with Gasteiger partial charge in [0.2, 0.25) is 0 Å². The largest absolute Gasteiger partial charge is 0.422 e. The summed E-state index contributed by atoms with van der Waals surface area (Å²) in [4.78, 5) is 25.9. The average Bonchev–Trinajstić information content (AvgIpc) is 2.53. The summed E-state index contributed by atoms with van der Waals surface area (Å²) in [5.41, 5.74) is 0.595. The molecule has 21 heavy (non-hydrogen) atoms. The van der Waals surface area contributed by atoms with E-state index in [1.165, 1.54) is 4.90 Å². The Labute approximate surface area is 121 Å². The zero-order valence-corrected chi connectivity index (χ0v) is 11.4. The van der Waals surface area contributed by atoms with Crippen LogP contribution < -0.4 is 10.5 Å². The minimum Gasteiger partial charge on any atom is -0.422 e. The van der Waals surface area contributed by atoms with Crippen molar-refractivity contribution in [1.29, 1.82) is 0 Å². The first kappa shape index (κ1) is 13.1. The number of amides is 1. The maximum absolute atomic E-state index is 12.5. The summed E-state index contributed by atoms with van der Waals surface area (Å²) in [5, 5.41) is 0.724. The van der Waals surface area contributed by atoms with Crippen molar-refractivity contribution in [3.8, 4) is 0 Å². The molecule has 0 aliphatic heterocycles. The lowest BCUT2D eigenvalue weighted by molar-refractivity contribution is 0.0989. The first-order valence-corrected chi connectivity index (χ1v) is 6.53. The number of carbonyl (C=O) groups is 1. The summed E-state index contributed by atoms with van der Waals surface area (Å²) >= 11 is 0. The molecule has 1 amide bonds. The lowest BCUT2D eigenvalue weighted by Gasteiger charge is -2.16. The fourth-order valence-electron chi connectivity index (χ4n) is 2.16. The fourth-order valence-corrected chi connectivity index (χ4v) is 2.16. The van der Waals surface area contributed by atoms with Crippen LogP contribution in [0.15, 0.2) is 69.9 Å². The smallest absolute Gasteiger partial charge is 0.349 e. The van der Waals surface area contributed by atoms with E-state index in [1.807, 2.05) is 24.3 Å². The highest BCUT2D eigenvalue weighted by atomic mass is 16.4. The van der Waals surface area contributed by atoms with Gasteiger partial charge in [0.05, 0.1) is 0 Å². The molecule has 3 rings (SSSR count). The van der Waals surface area contributed by atoms with Gasteiger partial charge in [0.15, 0.2) is 0 Å². The van der Waals surface area contributed by atoms with Gasteiger partial charge in [0, 0.05) is 18.1 Å². The van der Waals surface area contributed by atoms with E-state index in [4.69, 9.17) is 4.42 Å². The van der Waals surface area contributed by atoms with Crippen molar-refractivity contribution in [1.82, 2.24) is 0 Å². The molecule has 0 atom stereocenters. The number of anilines is 1. The van der Waals surface area contributed by atoms with E-state index in [1.54, 1.807) is 43.4 Å². The minimum atomic E-state index is -0.624. The highest BCUT2D eigenvalue weighted by Gasteiger charge is 2.18. The zero-order valence-electron chi connectivity index (χ0n) is 11.4. The van der Waals surface area contributed by atoms with Crippen LogP contribution in [0.2, 0.25) is 0 Å². The third-order valence-electron chi connectivity index (χ3n) is 3.32. The Balaban J connectivity index is 2.06. The predicted octanol–water partition coefficient (Wildman–Crippen LogP) is 3.07. The van der Waals surface area contributed by atoms with E-state index in [-0.39, 0.29) is 11.5 Å². The Kier molecular flexibility index (Phi) is 3.28. The van der Waals surface area contributed by atoms with Crippen LogP contribution in [0.3, 0.4) is 0 Å². The Hall–Kier alpha value is -2.88. The van der Waals surface area contributed by atoms with Crippen molar-refractivity contribution in [3.05, 3.63) is 76.6 Å². The first-order valence-electron chi connectivity index (χ1n) is 6.53. The lowest BCUT2D eigenvalue weighted by Crippen LogP contribution is -2.30. The number of nitrogens with zero attached hydrogens (tertiary/aromatic N) is 1. The van der Waals surface area contributed by atoms with Crippen molar-refractivity contribution in [3.63, 3.8) is 0 Å². The molecule has 3 aromatic rings. The van der Waals surface area contributed by atoms with Gasteiger partial charge in [-0.25, -0.2) is 4.79 Å². The van der Waals surface area contributed by atoms with E-state index >= 15 is 0 Å². The Bertz CT molecular complexity index is 853. The van der Waals surface area contributed by atoms with Crippen molar-refractivity contribution in [2.45, 2.75) is 0 Å². The molecule has 0 unspecified atom stereocenters. The predicted molar refractivity (Wildman–Crippen MR) is 81.7 cm³/mol. The highest BCUT2D eigenvalue weighted by Crippen LogP contribution is 2.17. The molecule has 0 aliphatic rings. The third-order valence-corrected chi connectivity index (χ3v) is 3.32. The number of rotatable bonds is 2. The van der Waals surface area contributed by atoms with E-state index in [0.717, 1.165) is 11.1 Å². The summed E-state index contributed by atoms with van der Waals surface area (Å²) < 4.78 is 5.20. The van der Waals surface area contributed by atoms with Crippen LogP contribution in [0.5, 0.6) is 0 Å². The molecule has 4 nitrogen and oxygen atoms in total. The normalized spacial score (nSPS) is 10.5. The molecule has 0 spiro atoms. The molecular formula is C17H13NO3. The molecule has 4 heteroatoms. The van der Waals surface area contributed by atoms with Gasteiger partial charge in [-0.1, -0.05) is 36.4 Å². The monoisotopic (exact) mass is 279 g/mol. The highest BCUT2D eigenvalue weighted by molar-refractivity contribution is 6.06. The second-order valence-corrected chi connectivity index (χ2v) is 4.69. The van der Waals surface area contributed by atoms with Crippen molar-refractivity contribution >= 4 is 22.6 Å². The van der Waals surface area contributed by atoms with Crippen molar-refractivity contribution in [2.75, 3.05) is 11.9 Å². The summed E-state index contributed by atoms with van der Waals surface area (Å²) in [6.45, 7) is 0. The summed E-state index contributed by atoms with van der Waals surface area (Å²) in [7, 11) is 1.63. The molecule has 0 radical (unpaired) electrons. The van der Waals surface area contributed by atoms with Crippen molar-refractivity contribution < 1.29 is 9.21 Å². The van der Waals surface area contributed by atoms with Gasteiger partial charge in [-0.15, -0.1) is 0 Å². The maximum atomic E-state index is 12.5. The summed E-state index contributed by atoms with van der Waals surface area (Å²) in [6, 6.07) is 17.8. The van der Waals surface area contributed by atoms with Gasteiger partial charge in [-0.05, 0) is 24.3 Å².